The van der Waals surface area contributed by atoms with Gasteiger partial charge in [0.2, 0.25) is 11.8 Å². The second-order valence-corrected chi connectivity index (χ2v) is 6.73. The monoisotopic (exact) mass is 343 g/mol. The Morgan fingerprint density at radius 1 is 1.38 bits per heavy atom. The van der Waals surface area contributed by atoms with Gasteiger partial charge in [-0.25, -0.2) is 4.98 Å². The lowest BCUT2D eigenvalue weighted by atomic mass is 10.1. The van der Waals surface area contributed by atoms with Crippen molar-refractivity contribution in [3.05, 3.63) is 47.7 Å². The lowest BCUT2D eigenvalue weighted by molar-refractivity contribution is -0.115. The minimum Gasteiger partial charge on any atom is -0.481 e. The molecule has 2 heterocycles. The Labute approximate surface area is 144 Å². The van der Waals surface area contributed by atoms with Gasteiger partial charge in [0.05, 0.1) is 18.0 Å². The van der Waals surface area contributed by atoms with Crippen LogP contribution in [0.2, 0.25) is 0 Å². The molecular weight excluding hydrogens is 326 g/mol. The van der Waals surface area contributed by atoms with Crippen molar-refractivity contribution >= 4 is 29.3 Å². The van der Waals surface area contributed by atoms with Crippen LogP contribution in [0, 0.1) is 0 Å². The molecule has 0 bridgehead atoms. The summed E-state index contributed by atoms with van der Waals surface area (Å²) < 4.78 is 5.06. The van der Waals surface area contributed by atoms with E-state index in [0.717, 1.165) is 10.5 Å². The number of rotatable bonds is 4. The fraction of sp³-hybridized carbons (Fsp3) is 0.235. The van der Waals surface area contributed by atoms with Gasteiger partial charge in [0.15, 0.2) is 0 Å². The molecular formula is C17H17N3O3S. The fourth-order valence-electron chi connectivity index (χ4n) is 2.31. The van der Waals surface area contributed by atoms with E-state index in [9.17, 15) is 9.59 Å². The third-order valence-electron chi connectivity index (χ3n) is 3.63. The molecule has 1 aliphatic rings. The molecule has 2 aromatic rings. The SMILES string of the molecule is COc1cc(CNC(=O)c2ccc3c(c2)NC(=O)C(C)S3)ccn1. The van der Waals surface area contributed by atoms with E-state index in [1.807, 2.05) is 19.1 Å². The van der Waals surface area contributed by atoms with E-state index in [1.165, 1.54) is 11.8 Å². The van der Waals surface area contributed by atoms with Crippen LogP contribution in [0.1, 0.15) is 22.8 Å². The van der Waals surface area contributed by atoms with Gasteiger partial charge in [-0.2, -0.15) is 0 Å². The van der Waals surface area contributed by atoms with Crippen LogP contribution in [-0.4, -0.2) is 29.2 Å². The molecule has 0 radical (unpaired) electrons. The predicted octanol–water partition coefficient (Wildman–Crippen LogP) is 2.45. The zero-order valence-electron chi connectivity index (χ0n) is 13.3. The number of thioether (sulfide) groups is 1. The number of hydrogen-bond acceptors (Lipinski definition) is 5. The average Bonchev–Trinajstić information content (AvgIpc) is 2.60. The van der Waals surface area contributed by atoms with Gasteiger partial charge in [-0.05, 0) is 36.8 Å². The van der Waals surface area contributed by atoms with Crippen LogP contribution in [0.15, 0.2) is 41.4 Å². The van der Waals surface area contributed by atoms with Crippen molar-refractivity contribution in [1.29, 1.82) is 0 Å². The first-order valence-corrected chi connectivity index (χ1v) is 8.33. The van der Waals surface area contributed by atoms with Gasteiger partial charge in [-0.1, -0.05) is 0 Å². The van der Waals surface area contributed by atoms with Crippen molar-refractivity contribution < 1.29 is 14.3 Å². The molecule has 1 unspecified atom stereocenters. The van der Waals surface area contributed by atoms with Crippen molar-refractivity contribution in [3.8, 4) is 5.88 Å². The Morgan fingerprint density at radius 2 is 2.21 bits per heavy atom. The number of carbonyl (C=O) groups excluding carboxylic acids is 2. The van der Waals surface area contributed by atoms with E-state index >= 15 is 0 Å². The van der Waals surface area contributed by atoms with Crippen molar-refractivity contribution in [2.75, 3.05) is 12.4 Å². The molecule has 1 aliphatic heterocycles. The zero-order chi connectivity index (χ0) is 17.1. The Balaban J connectivity index is 1.69. The summed E-state index contributed by atoms with van der Waals surface area (Å²) in [6.07, 6.45) is 1.63. The average molecular weight is 343 g/mol. The number of carbonyl (C=O) groups is 2. The Bertz CT molecular complexity index is 794. The molecule has 6 nitrogen and oxygen atoms in total. The highest BCUT2D eigenvalue weighted by atomic mass is 32.2. The summed E-state index contributed by atoms with van der Waals surface area (Å²) in [5, 5.41) is 5.55. The van der Waals surface area contributed by atoms with Crippen molar-refractivity contribution in [3.63, 3.8) is 0 Å². The Hall–Kier alpha value is -2.54. The highest BCUT2D eigenvalue weighted by Crippen LogP contribution is 2.35. The maximum absolute atomic E-state index is 12.3. The number of benzene rings is 1. The molecule has 124 valence electrons. The number of amides is 2. The smallest absolute Gasteiger partial charge is 0.251 e. The van der Waals surface area contributed by atoms with Gasteiger partial charge >= 0.3 is 0 Å². The summed E-state index contributed by atoms with van der Waals surface area (Å²) in [4.78, 5) is 29.1. The van der Waals surface area contributed by atoms with Gasteiger partial charge in [-0.3, -0.25) is 9.59 Å². The lowest BCUT2D eigenvalue weighted by Crippen LogP contribution is -2.27. The summed E-state index contributed by atoms with van der Waals surface area (Å²) in [6.45, 7) is 2.22. The normalized spacial score (nSPS) is 16.1. The molecule has 3 rings (SSSR count). The minimum atomic E-state index is -0.202. The summed E-state index contributed by atoms with van der Waals surface area (Å²) >= 11 is 1.49. The minimum absolute atomic E-state index is 0.0473. The molecule has 1 aromatic carbocycles. The first kappa shape index (κ1) is 16.3. The largest absolute Gasteiger partial charge is 0.481 e. The Morgan fingerprint density at radius 3 is 3.00 bits per heavy atom. The van der Waals surface area contributed by atoms with Crippen LogP contribution in [0.3, 0.4) is 0 Å². The molecule has 0 aliphatic carbocycles. The molecule has 2 amide bonds. The molecule has 1 aromatic heterocycles. The predicted molar refractivity (Wildman–Crippen MR) is 92.3 cm³/mol. The summed E-state index contributed by atoms with van der Waals surface area (Å²) in [5.74, 6) is 0.254. The second kappa shape index (κ2) is 6.92. The van der Waals surface area contributed by atoms with Crippen LogP contribution < -0.4 is 15.4 Å². The maximum atomic E-state index is 12.3. The fourth-order valence-corrected chi connectivity index (χ4v) is 3.24. The van der Waals surface area contributed by atoms with Crippen LogP contribution in [0.25, 0.3) is 0 Å². The van der Waals surface area contributed by atoms with E-state index in [4.69, 9.17) is 4.74 Å². The highest BCUT2D eigenvalue weighted by Gasteiger charge is 2.23. The number of fused-ring (bicyclic) bond motifs is 1. The first-order valence-electron chi connectivity index (χ1n) is 7.45. The highest BCUT2D eigenvalue weighted by molar-refractivity contribution is 8.00. The molecule has 0 saturated heterocycles. The van der Waals surface area contributed by atoms with E-state index in [2.05, 4.69) is 15.6 Å². The summed E-state index contributed by atoms with van der Waals surface area (Å²) in [6, 6.07) is 8.91. The Kier molecular flexibility index (Phi) is 4.71. The third-order valence-corrected chi connectivity index (χ3v) is 4.81. The van der Waals surface area contributed by atoms with Crippen LogP contribution in [0.5, 0.6) is 5.88 Å². The summed E-state index contributed by atoms with van der Waals surface area (Å²) in [7, 11) is 1.55. The number of nitrogens with zero attached hydrogens (tertiary/aromatic N) is 1. The van der Waals surface area contributed by atoms with Crippen molar-refractivity contribution in [2.24, 2.45) is 0 Å². The number of hydrogen-bond donors (Lipinski definition) is 2. The number of ether oxygens (including phenoxy) is 1. The quantitative estimate of drug-likeness (QED) is 0.891. The van der Waals surface area contributed by atoms with Gasteiger partial charge in [0.25, 0.3) is 5.91 Å². The molecule has 0 fully saturated rings. The first-order chi connectivity index (χ1) is 11.6. The number of aromatic nitrogens is 1. The van der Waals surface area contributed by atoms with E-state index in [-0.39, 0.29) is 17.1 Å². The molecule has 0 saturated carbocycles. The van der Waals surface area contributed by atoms with Gasteiger partial charge < -0.3 is 15.4 Å². The third kappa shape index (κ3) is 3.51. The van der Waals surface area contributed by atoms with Crippen molar-refractivity contribution in [2.45, 2.75) is 23.6 Å². The maximum Gasteiger partial charge on any atom is 0.251 e. The topological polar surface area (TPSA) is 80.3 Å². The van der Waals surface area contributed by atoms with Crippen LogP contribution in [-0.2, 0) is 11.3 Å². The van der Waals surface area contributed by atoms with E-state index < -0.39 is 0 Å². The number of nitrogens with one attached hydrogen (secondary N) is 2. The van der Waals surface area contributed by atoms with E-state index in [1.54, 1.807) is 31.5 Å². The van der Waals surface area contributed by atoms with Crippen LogP contribution in [0.4, 0.5) is 5.69 Å². The molecule has 24 heavy (non-hydrogen) atoms. The number of anilines is 1. The molecule has 2 N–H and O–H groups in total. The second-order valence-electron chi connectivity index (χ2n) is 5.35. The van der Waals surface area contributed by atoms with Gasteiger partial charge in [0, 0.05) is 29.3 Å². The van der Waals surface area contributed by atoms with E-state index in [0.29, 0.717) is 23.7 Å². The number of pyridine rings is 1. The summed E-state index contributed by atoms with van der Waals surface area (Å²) in [5.41, 5.74) is 2.08. The number of methoxy groups -OCH3 is 1. The van der Waals surface area contributed by atoms with Crippen molar-refractivity contribution in [1.82, 2.24) is 10.3 Å². The molecule has 0 spiro atoms. The molecule has 1 atom stereocenters. The standard InChI is InChI=1S/C17H17N3O3S/c1-10-16(21)20-13-8-12(3-4-14(13)24-10)17(22)19-9-11-5-6-18-15(7-11)23-2/h3-8,10H,9H2,1-2H3,(H,19,22)(H,20,21). The van der Waals surface area contributed by atoms with Gasteiger partial charge in [-0.15, -0.1) is 11.8 Å². The van der Waals surface area contributed by atoms with Crippen LogP contribution >= 0.6 is 11.8 Å². The zero-order valence-corrected chi connectivity index (χ0v) is 14.1. The van der Waals surface area contributed by atoms with Gasteiger partial charge in [0.1, 0.15) is 0 Å². The lowest BCUT2D eigenvalue weighted by Gasteiger charge is -2.21. The molecule has 7 heteroatoms.